The number of hydrogen-bond donors (Lipinski definition) is 1. The zero-order valence-electron chi connectivity index (χ0n) is 14.0. The van der Waals surface area contributed by atoms with Crippen LogP contribution in [0.5, 0.6) is 0 Å². The lowest BCUT2D eigenvalue weighted by atomic mass is 9.99. The third-order valence-electron chi connectivity index (χ3n) is 4.23. The van der Waals surface area contributed by atoms with Crippen LogP contribution in [0, 0.1) is 0 Å². The maximum absolute atomic E-state index is 9.58. The Bertz CT molecular complexity index is 566. The number of rotatable bonds is 5. The van der Waals surface area contributed by atoms with Crippen LogP contribution in [0.2, 0.25) is 5.02 Å². The predicted molar refractivity (Wildman–Crippen MR) is 86.6 cm³/mol. The molecule has 0 amide bonds. The summed E-state index contributed by atoms with van der Waals surface area (Å²) in [7, 11) is 1.53. The van der Waals surface area contributed by atoms with Gasteiger partial charge in [0, 0.05) is 12.1 Å². The molecule has 1 aromatic rings. The van der Waals surface area contributed by atoms with Gasteiger partial charge in [0.1, 0.15) is 24.4 Å². The van der Waals surface area contributed by atoms with Crippen LogP contribution in [-0.4, -0.2) is 55.3 Å². The van der Waals surface area contributed by atoms with E-state index in [2.05, 4.69) is 0 Å². The van der Waals surface area contributed by atoms with Crippen molar-refractivity contribution >= 4 is 11.6 Å². The molecule has 24 heavy (non-hydrogen) atoms. The zero-order chi connectivity index (χ0) is 17.3. The van der Waals surface area contributed by atoms with Gasteiger partial charge in [0.15, 0.2) is 12.1 Å². The van der Waals surface area contributed by atoms with Gasteiger partial charge in [-0.2, -0.15) is 0 Å². The van der Waals surface area contributed by atoms with E-state index in [9.17, 15) is 5.11 Å². The van der Waals surface area contributed by atoms with Gasteiger partial charge in [0.25, 0.3) is 0 Å². The Morgan fingerprint density at radius 1 is 1.21 bits per heavy atom. The molecule has 0 bridgehead atoms. The first-order valence-electron chi connectivity index (χ1n) is 7.95. The highest BCUT2D eigenvalue weighted by atomic mass is 35.5. The summed E-state index contributed by atoms with van der Waals surface area (Å²) in [6, 6.07) is 7.48. The topological polar surface area (TPSA) is 66.4 Å². The highest BCUT2D eigenvalue weighted by Crippen LogP contribution is 2.39. The largest absolute Gasteiger partial charge is 0.394 e. The standard InChI is InChI=1S/C17H23ClO6/c1-17(2)23-13-12(8-19)22-16(20-3)15(14(13)24-17)21-9-10-6-4-5-7-11(10)18/h4-7,12-16,19H,8-9H2,1-3H3/t12-,13+,14+,15-,16-/m1/s1. The van der Waals surface area contributed by atoms with Crippen LogP contribution in [0.25, 0.3) is 0 Å². The fourth-order valence-electron chi connectivity index (χ4n) is 3.15. The van der Waals surface area contributed by atoms with Crippen LogP contribution in [0.1, 0.15) is 19.4 Å². The number of ether oxygens (including phenoxy) is 5. The number of aliphatic hydroxyl groups is 1. The van der Waals surface area contributed by atoms with Crippen molar-refractivity contribution in [1.29, 1.82) is 0 Å². The molecular weight excluding hydrogens is 336 g/mol. The van der Waals surface area contributed by atoms with Gasteiger partial charge in [-0.25, -0.2) is 0 Å². The molecule has 6 nitrogen and oxygen atoms in total. The van der Waals surface area contributed by atoms with Crippen LogP contribution in [-0.2, 0) is 30.3 Å². The van der Waals surface area contributed by atoms with E-state index < -0.39 is 36.5 Å². The molecule has 0 aliphatic carbocycles. The van der Waals surface area contributed by atoms with Crippen molar-refractivity contribution in [1.82, 2.24) is 0 Å². The molecule has 0 unspecified atom stereocenters. The highest BCUT2D eigenvalue weighted by molar-refractivity contribution is 6.31. The normalized spacial score (nSPS) is 35.0. The van der Waals surface area contributed by atoms with Crippen LogP contribution >= 0.6 is 11.6 Å². The smallest absolute Gasteiger partial charge is 0.186 e. The van der Waals surface area contributed by atoms with Crippen molar-refractivity contribution in [3.8, 4) is 0 Å². The molecule has 2 saturated heterocycles. The lowest BCUT2D eigenvalue weighted by Crippen LogP contribution is -2.58. The van der Waals surface area contributed by atoms with Gasteiger partial charge in [-0.15, -0.1) is 0 Å². The minimum absolute atomic E-state index is 0.183. The molecule has 2 heterocycles. The Morgan fingerprint density at radius 2 is 1.92 bits per heavy atom. The lowest BCUT2D eigenvalue weighted by molar-refractivity contribution is -0.286. The van der Waals surface area contributed by atoms with Crippen LogP contribution in [0.4, 0.5) is 0 Å². The van der Waals surface area contributed by atoms with E-state index in [0.29, 0.717) is 11.6 Å². The predicted octanol–water partition coefficient (Wildman–Crippen LogP) is 2.11. The fourth-order valence-corrected chi connectivity index (χ4v) is 3.34. The summed E-state index contributed by atoms with van der Waals surface area (Å²) in [6.45, 7) is 3.77. The van der Waals surface area contributed by atoms with Crippen molar-refractivity contribution in [3.63, 3.8) is 0 Å². The Hall–Kier alpha value is -0.730. The first kappa shape index (κ1) is 18.1. The lowest BCUT2D eigenvalue weighted by Gasteiger charge is -2.40. The quantitative estimate of drug-likeness (QED) is 0.869. The van der Waals surface area contributed by atoms with E-state index >= 15 is 0 Å². The second-order valence-corrected chi connectivity index (χ2v) is 6.80. The van der Waals surface area contributed by atoms with Gasteiger partial charge in [-0.05, 0) is 25.5 Å². The van der Waals surface area contributed by atoms with E-state index in [-0.39, 0.29) is 6.61 Å². The molecule has 0 aromatic heterocycles. The molecule has 2 aliphatic rings. The summed E-state index contributed by atoms with van der Waals surface area (Å²) in [6.07, 6.45) is -2.52. The van der Waals surface area contributed by atoms with Gasteiger partial charge in [0.2, 0.25) is 0 Å². The SMILES string of the molecule is CO[C@@H]1O[C@H](CO)[C@@H]2OC(C)(C)O[C@@H]2[C@H]1OCc1ccccc1Cl. The van der Waals surface area contributed by atoms with E-state index in [1.54, 1.807) is 0 Å². The van der Waals surface area contributed by atoms with E-state index in [4.69, 9.17) is 35.3 Å². The Morgan fingerprint density at radius 3 is 2.58 bits per heavy atom. The number of hydrogen-bond acceptors (Lipinski definition) is 6. The molecular formula is C17H23ClO6. The molecule has 1 aromatic carbocycles. The maximum Gasteiger partial charge on any atom is 0.186 e. The molecule has 2 fully saturated rings. The van der Waals surface area contributed by atoms with Gasteiger partial charge in [0.05, 0.1) is 13.2 Å². The highest BCUT2D eigenvalue weighted by Gasteiger charge is 2.55. The summed E-state index contributed by atoms with van der Waals surface area (Å²) in [5.74, 6) is -0.777. The first-order chi connectivity index (χ1) is 11.4. The molecule has 0 saturated carbocycles. The molecule has 1 N–H and O–H groups in total. The summed E-state index contributed by atoms with van der Waals surface area (Å²) >= 11 is 6.18. The molecule has 3 rings (SSSR count). The Balaban J connectivity index is 1.78. The first-order valence-corrected chi connectivity index (χ1v) is 8.33. The number of halogens is 1. The zero-order valence-corrected chi connectivity index (χ0v) is 14.7. The van der Waals surface area contributed by atoms with Crippen LogP contribution in [0.3, 0.4) is 0 Å². The average molecular weight is 359 g/mol. The van der Waals surface area contributed by atoms with Crippen molar-refractivity contribution < 1.29 is 28.8 Å². The van der Waals surface area contributed by atoms with Gasteiger partial charge >= 0.3 is 0 Å². The number of aliphatic hydroxyl groups excluding tert-OH is 1. The minimum atomic E-state index is -0.777. The molecule has 134 valence electrons. The number of fused-ring (bicyclic) bond motifs is 1. The summed E-state index contributed by atoms with van der Waals surface area (Å²) < 4.78 is 29.1. The van der Waals surface area contributed by atoms with E-state index in [1.807, 2.05) is 38.1 Å². The number of methoxy groups -OCH3 is 1. The van der Waals surface area contributed by atoms with E-state index in [0.717, 1.165) is 5.56 Å². The van der Waals surface area contributed by atoms with Crippen LogP contribution < -0.4 is 0 Å². The molecule has 5 atom stereocenters. The van der Waals surface area contributed by atoms with E-state index in [1.165, 1.54) is 7.11 Å². The van der Waals surface area contributed by atoms with Crippen molar-refractivity contribution in [2.24, 2.45) is 0 Å². The van der Waals surface area contributed by atoms with Gasteiger partial charge < -0.3 is 28.8 Å². The van der Waals surface area contributed by atoms with Crippen molar-refractivity contribution in [3.05, 3.63) is 34.9 Å². The fraction of sp³-hybridized carbons (Fsp3) is 0.647. The maximum atomic E-state index is 9.58. The third-order valence-corrected chi connectivity index (χ3v) is 4.60. The van der Waals surface area contributed by atoms with Crippen molar-refractivity contribution in [2.75, 3.05) is 13.7 Å². The van der Waals surface area contributed by atoms with Crippen LogP contribution in [0.15, 0.2) is 24.3 Å². The number of benzene rings is 1. The van der Waals surface area contributed by atoms with Gasteiger partial charge in [-0.1, -0.05) is 29.8 Å². The molecule has 0 spiro atoms. The monoisotopic (exact) mass is 358 g/mol. The Kier molecular flexibility index (Phi) is 5.46. The van der Waals surface area contributed by atoms with Crippen molar-refractivity contribution in [2.45, 2.75) is 56.9 Å². The average Bonchev–Trinajstić information content (AvgIpc) is 2.88. The summed E-state index contributed by atoms with van der Waals surface area (Å²) in [5.41, 5.74) is 0.869. The third kappa shape index (κ3) is 3.60. The molecule has 2 aliphatic heterocycles. The summed E-state index contributed by atoms with van der Waals surface area (Å²) in [5, 5.41) is 10.2. The second-order valence-electron chi connectivity index (χ2n) is 6.39. The Labute approximate surface area is 146 Å². The molecule has 0 radical (unpaired) electrons. The minimum Gasteiger partial charge on any atom is -0.394 e. The molecule has 7 heteroatoms. The van der Waals surface area contributed by atoms with Gasteiger partial charge in [-0.3, -0.25) is 0 Å². The summed E-state index contributed by atoms with van der Waals surface area (Å²) in [4.78, 5) is 0. The second kappa shape index (κ2) is 7.25.